The van der Waals surface area contributed by atoms with Crippen LogP contribution in [0.25, 0.3) is 0 Å². The molecule has 0 aliphatic heterocycles. The molecule has 0 fully saturated rings. The van der Waals surface area contributed by atoms with Crippen LogP contribution >= 0.6 is 0 Å². The van der Waals surface area contributed by atoms with Gasteiger partial charge in [0.2, 0.25) is 0 Å². The van der Waals surface area contributed by atoms with Crippen LogP contribution in [0.5, 0.6) is 5.75 Å². The third-order valence-corrected chi connectivity index (χ3v) is 2.16. The van der Waals surface area contributed by atoms with Crippen molar-refractivity contribution in [3.63, 3.8) is 0 Å². The van der Waals surface area contributed by atoms with Crippen LogP contribution in [0.3, 0.4) is 0 Å². The highest BCUT2D eigenvalue weighted by Crippen LogP contribution is 2.16. The Morgan fingerprint density at radius 1 is 1.36 bits per heavy atom. The van der Waals surface area contributed by atoms with Crippen molar-refractivity contribution in [2.45, 2.75) is 13.0 Å². The van der Waals surface area contributed by atoms with Crippen LogP contribution in [0.2, 0.25) is 0 Å². The SMILES string of the molecule is COc1ccc([C@H](C)NCCF)cc1. The lowest BCUT2D eigenvalue weighted by molar-refractivity contribution is 0.414. The van der Waals surface area contributed by atoms with Gasteiger partial charge in [-0.2, -0.15) is 0 Å². The third kappa shape index (κ3) is 3.00. The Morgan fingerprint density at radius 2 is 2.00 bits per heavy atom. The molecule has 0 saturated carbocycles. The molecule has 1 N–H and O–H groups in total. The Bertz CT molecular complexity index is 260. The Kier molecular flexibility index (Phi) is 4.40. The van der Waals surface area contributed by atoms with Crippen molar-refractivity contribution in [3.05, 3.63) is 29.8 Å². The van der Waals surface area contributed by atoms with E-state index in [0.29, 0.717) is 6.54 Å². The lowest BCUT2D eigenvalue weighted by Crippen LogP contribution is -2.20. The molecule has 1 aromatic rings. The Balaban J connectivity index is 2.57. The lowest BCUT2D eigenvalue weighted by atomic mass is 10.1. The maximum Gasteiger partial charge on any atom is 0.118 e. The maximum atomic E-state index is 11.9. The summed E-state index contributed by atoms with van der Waals surface area (Å²) in [5.74, 6) is 0.839. The van der Waals surface area contributed by atoms with E-state index < -0.39 is 0 Å². The quantitative estimate of drug-likeness (QED) is 0.782. The Morgan fingerprint density at radius 3 is 2.50 bits per heavy atom. The van der Waals surface area contributed by atoms with Crippen molar-refractivity contribution < 1.29 is 9.13 Å². The first kappa shape index (κ1) is 11.0. The van der Waals surface area contributed by atoms with Gasteiger partial charge in [-0.25, -0.2) is 4.39 Å². The third-order valence-electron chi connectivity index (χ3n) is 2.16. The monoisotopic (exact) mass is 197 g/mol. The second-order valence-electron chi connectivity index (χ2n) is 3.14. The van der Waals surface area contributed by atoms with Crippen molar-refractivity contribution >= 4 is 0 Å². The smallest absolute Gasteiger partial charge is 0.118 e. The summed E-state index contributed by atoms with van der Waals surface area (Å²) in [6.07, 6.45) is 0. The van der Waals surface area contributed by atoms with Crippen LogP contribution in [-0.2, 0) is 0 Å². The van der Waals surface area contributed by atoms with Gasteiger partial charge in [0.05, 0.1) is 7.11 Å². The fourth-order valence-corrected chi connectivity index (χ4v) is 1.28. The summed E-state index contributed by atoms with van der Waals surface area (Å²) in [6.45, 7) is 2.07. The van der Waals surface area contributed by atoms with Crippen molar-refractivity contribution in [2.75, 3.05) is 20.3 Å². The number of methoxy groups -OCH3 is 1. The van der Waals surface area contributed by atoms with Crippen LogP contribution in [0.15, 0.2) is 24.3 Å². The molecule has 3 heteroatoms. The molecule has 0 unspecified atom stereocenters. The zero-order valence-corrected chi connectivity index (χ0v) is 8.59. The minimum atomic E-state index is -0.333. The molecule has 0 aromatic heterocycles. The molecule has 1 atom stereocenters. The van der Waals surface area contributed by atoms with E-state index in [1.807, 2.05) is 31.2 Å². The number of alkyl halides is 1. The van der Waals surface area contributed by atoms with Gasteiger partial charge >= 0.3 is 0 Å². The Hall–Kier alpha value is -1.09. The van der Waals surface area contributed by atoms with Gasteiger partial charge in [-0.05, 0) is 24.6 Å². The van der Waals surface area contributed by atoms with Crippen LogP contribution in [-0.4, -0.2) is 20.3 Å². The van der Waals surface area contributed by atoms with Gasteiger partial charge in [-0.3, -0.25) is 0 Å². The van der Waals surface area contributed by atoms with Crippen molar-refractivity contribution in [2.24, 2.45) is 0 Å². The average Bonchev–Trinajstić information content (AvgIpc) is 2.26. The largest absolute Gasteiger partial charge is 0.497 e. The zero-order valence-electron chi connectivity index (χ0n) is 8.59. The Labute approximate surface area is 84.1 Å². The number of benzene rings is 1. The molecule has 0 bridgehead atoms. The fourth-order valence-electron chi connectivity index (χ4n) is 1.28. The molecule has 0 spiro atoms. The van der Waals surface area contributed by atoms with Gasteiger partial charge in [-0.15, -0.1) is 0 Å². The van der Waals surface area contributed by atoms with Crippen molar-refractivity contribution in [1.29, 1.82) is 0 Å². The molecule has 0 amide bonds. The predicted octanol–water partition coefficient (Wildman–Crippen LogP) is 2.32. The molecule has 0 aliphatic carbocycles. The van der Waals surface area contributed by atoms with Crippen LogP contribution in [0.1, 0.15) is 18.5 Å². The highest BCUT2D eigenvalue weighted by Gasteiger charge is 2.03. The molecular weight excluding hydrogens is 181 g/mol. The van der Waals surface area contributed by atoms with Gasteiger partial charge in [0, 0.05) is 12.6 Å². The van der Waals surface area contributed by atoms with Gasteiger partial charge in [0.1, 0.15) is 12.4 Å². The highest BCUT2D eigenvalue weighted by molar-refractivity contribution is 5.28. The van der Waals surface area contributed by atoms with Gasteiger partial charge in [0.25, 0.3) is 0 Å². The maximum absolute atomic E-state index is 11.9. The summed E-state index contributed by atoms with van der Waals surface area (Å²) in [5, 5.41) is 3.07. The summed E-state index contributed by atoms with van der Waals surface area (Å²) in [4.78, 5) is 0. The van der Waals surface area contributed by atoms with Gasteiger partial charge in [0.15, 0.2) is 0 Å². The number of rotatable bonds is 5. The zero-order chi connectivity index (χ0) is 10.4. The molecule has 1 rings (SSSR count). The number of hydrogen-bond donors (Lipinski definition) is 1. The normalized spacial score (nSPS) is 12.5. The molecule has 1 aromatic carbocycles. The number of halogens is 1. The van der Waals surface area contributed by atoms with E-state index >= 15 is 0 Å². The van der Waals surface area contributed by atoms with Crippen LogP contribution in [0.4, 0.5) is 4.39 Å². The van der Waals surface area contributed by atoms with E-state index in [-0.39, 0.29) is 12.7 Å². The second kappa shape index (κ2) is 5.60. The van der Waals surface area contributed by atoms with Crippen LogP contribution < -0.4 is 10.1 Å². The van der Waals surface area contributed by atoms with Crippen molar-refractivity contribution in [1.82, 2.24) is 5.32 Å². The summed E-state index contributed by atoms with van der Waals surface area (Å²) >= 11 is 0. The van der Waals surface area contributed by atoms with Crippen molar-refractivity contribution in [3.8, 4) is 5.75 Å². The van der Waals surface area contributed by atoms with E-state index in [0.717, 1.165) is 11.3 Å². The minimum Gasteiger partial charge on any atom is -0.497 e. The molecule has 0 aliphatic rings. The molecule has 14 heavy (non-hydrogen) atoms. The summed E-state index contributed by atoms with van der Waals surface area (Å²) in [7, 11) is 1.64. The summed E-state index contributed by atoms with van der Waals surface area (Å²) < 4.78 is 17.0. The first-order valence-corrected chi connectivity index (χ1v) is 4.71. The predicted molar refractivity (Wildman–Crippen MR) is 55.4 cm³/mol. The van der Waals surface area contributed by atoms with Gasteiger partial charge < -0.3 is 10.1 Å². The van der Waals surface area contributed by atoms with Gasteiger partial charge in [-0.1, -0.05) is 12.1 Å². The molecule has 2 nitrogen and oxygen atoms in total. The average molecular weight is 197 g/mol. The minimum absolute atomic E-state index is 0.177. The molecule has 0 saturated heterocycles. The molecule has 78 valence electrons. The van der Waals surface area contributed by atoms with E-state index in [9.17, 15) is 4.39 Å². The summed E-state index contributed by atoms with van der Waals surface area (Å²) in [5.41, 5.74) is 1.14. The van der Waals surface area contributed by atoms with E-state index in [1.54, 1.807) is 7.11 Å². The van der Waals surface area contributed by atoms with E-state index in [4.69, 9.17) is 4.74 Å². The number of nitrogens with one attached hydrogen (secondary N) is 1. The molecular formula is C11H16FNO. The summed E-state index contributed by atoms with van der Waals surface area (Å²) in [6, 6.07) is 7.95. The highest BCUT2D eigenvalue weighted by atomic mass is 19.1. The first-order chi connectivity index (χ1) is 6.77. The topological polar surface area (TPSA) is 21.3 Å². The fraction of sp³-hybridized carbons (Fsp3) is 0.455. The number of ether oxygens (including phenoxy) is 1. The number of hydrogen-bond acceptors (Lipinski definition) is 2. The van der Waals surface area contributed by atoms with E-state index in [2.05, 4.69) is 5.32 Å². The van der Waals surface area contributed by atoms with Crippen LogP contribution in [0, 0.1) is 0 Å². The van der Waals surface area contributed by atoms with E-state index in [1.165, 1.54) is 0 Å². The lowest BCUT2D eigenvalue weighted by Gasteiger charge is -2.13. The first-order valence-electron chi connectivity index (χ1n) is 4.71. The molecule has 0 radical (unpaired) electrons. The standard InChI is InChI=1S/C11H16FNO/c1-9(13-8-7-12)10-3-5-11(14-2)6-4-10/h3-6,9,13H,7-8H2,1-2H3/t9-/m0/s1. The second-order valence-corrected chi connectivity index (χ2v) is 3.14. The molecule has 0 heterocycles.